The molecule has 0 saturated carbocycles. The van der Waals surface area contributed by atoms with Gasteiger partial charge in [-0.1, -0.05) is 12.7 Å². The van der Waals surface area contributed by atoms with Gasteiger partial charge in [0.1, 0.15) is 23.6 Å². The highest BCUT2D eigenvalue weighted by atomic mass is 79.9. The standard InChI is InChI=1S/C12H12BrNO5/c1-3-6-19-12(17)14-10-8(18-2)5-4-7(13)9(10)11(15)16/h3-5H,1,6H2,2H3,(H,14,17)(H,15,16). The van der Waals surface area contributed by atoms with Crippen molar-refractivity contribution in [2.24, 2.45) is 0 Å². The Hall–Kier alpha value is -2.02. The Labute approximate surface area is 118 Å². The van der Waals surface area contributed by atoms with Crippen molar-refractivity contribution in [1.29, 1.82) is 0 Å². The third kappa shape index (κ3) is 3.72. The molecular formula is C12H12BrNO5. The minimum Gasteiger partial charge on any atom is -0.495 e. The third-order valence-corrected chi connectivity index (χ3v) is 2.77. The molecule has 6 nitrogen and oxygen atoms in total. The average molecular weight is 330 g/mol. The number of hydrogen-bond acceptors (Lipinski definition) is 4. The Morgan fingerprint density at radius 2 is 2.21 bits per heavy atom. The first-order chi connectivity index (χ1) is 9.01. The number of carbonyl (C=O) groups excluding carboxylic acids is 1. The Kier molecular flexibility index (Phi) is 5.37. The topological polar surface area (TPSA) is 84.9 Å². The molecule has 1 aromatic rings. The molecule has 19 heavy (non-hydrogen) atoms. The molecule has 2 N–H and O–H groups in total. The number of benzene rings is 1. The molecule has 7 heteroatoms. The maximum Gasteiger partial charge on any atom is 0.412 e. The quantitative estimate of drug-likeness (QED) is 0.811. The van der Waals surface area contributed by atoms with Gasteiger partial charge in [-0.3, -0.25) is 5.32 Å². The normalized spacial score (nSPS) is 9.58. The molecular weight excluding hydrogens is 318 g/mol. The number of ether oxygens (including phenoxy) is 2. The monoisotopic (exact) mass is 329 g/mol. The van der Waals surface area contributed by atoms with Crippen molar-refractivity contribution in [2.45, 2.75) is 0 Å². The van der Waals surface area contributed by atoms with Crippen LogP contribution in [0.15, 0.2) is 29.3 Å². The molecule has 1 rings (SSSR count). The number of rotatable bonds is 5. The summed E-state index contributed by atoms with van der Waals surface area (Å²) in [5, 5.41) is 11.5. The zero-order valence-electron chi connectivity index (χ0n) is 10.1. The van der Waals surface area contributed by atoms with Gasteiger partial charge >= 0.3 is 12.1 Å². The van der Waals surface area contributed by atoms with Gasteiger partial charge in [-0.2, -0.15) is 0 Å². The van der Waals surface area contributed by atoms with Crippen LogP contribution in [-0.2, 0) is 4.74 Å². The van der Waals surface area contributed by atoms with E-state index in [4.69, 9.17) is 14.6 Å². The summed E-state index contributed by atoms with van der Waals surface area (Å²) in [7, 11) is 1.37. The lowest BCUT2D eigenvalue weighted by molar-refractivity contribution is 0.0696. The summed E-state index contributed by atoms with van der Waals surface area (Å²) in [5.74, 6) is -0.985. The van der Waals surface area contributed by atoms with Crippen LogP contribution < -0.4 is 10.1 Å². The van der Waals surface area contributed by atoms with Crippen LogP contribution in [-0.4, -0.2) is 30.9 Å². The highest BCUT2D eigenvalue weighted by molar-refractivity contribution is 9.10. The number of carbonyl (C=O) groups is 2. The summed E-state index contributed by atoms with van der Waals surface area (Å²) >= 11 is 3.11. The Balaban J connectivity index is 3.15. The van der Waals surface area contributed by atoms with Crippen molar-refractivity contribution in [3.63, 3.8) is 0 Å². The lowest BCUT2D eigenvalue weighted by Gasteiger charge is -2.13. The lowest BCUT2D eigenvalue weighted by atomic mass is 10.1. The van der Waals surface area contributed by atoms with Gasteiger partial charge in [0.25, 0.3) is 0 Å². The summed E-state index contributed by atoms with van der Waals surface area (Å²) in [4.78, 5) is 22.7. The summed E-state index contributed by atoms with van der Waals surface area (Å²) in [6, 6.07) is 3.04. The maximum absolute atomic E-state index is 11.5. The van der Waals surface area contributed by atoms with Crippen LogP contribution in [0, 0.1) is 0 Å². The highest BCUT2D eigenvalue weighted by Crippen LogP contribution is 2.34. The van der Waals surface area contributed by atoms with Crippen molar-refractivity contribution in [2.75, 3.05) is 19.0 Å². The molecule has 0 heterocycles. The largest absolute Gasteiger partial charge is 0.495 e. The van der Waals surface area contributed by atoms with Crippen LogP contribution in [0.25, 0.3) is 0 Å². The number of halogens is 1. The molecule has 1 amide bonds. The average Bonchev–Trinajstić information content (AvgIpc) is 2.36. The number of methoxy groups -OCH3 is 1. The fourth-order valence-electron chi connectivity index (χ4n) is 1.33. The zero-order chi connectivity index (χ0) is 14.4. The van der Waals surface area contributed by atoms with Crippen molar-refractivity contribution in [3.05, 3.63) is 34.8 Å². The van der Waals surface area contributed by atoms with E-state index in [0.717, 1.165) is 0 Å². The smallest absolute Gasteiger partial charge is 0.412 e. The Bertz CT molecular complexity index is 515. The molecule has 0 aliphatic rings. The van der Waals surface area contributed by atoms with Gasteiger partial charge < -0.3 is 14.6 Å². The van der Waals surface area contributed by atoms with E-state index in [1.165, 1.54) is 25.3 Å². The molecule has 0 aliphatic heterocycles. The van der Waals surface area contributed by atoms with Crippen LogP contribution in [0.1, 0.15) is 10.4 Å². The molecule has 0 saturated heterocycles. The first-order valence-corrected chi connectivity index (χ1v) is 5.95. The molecule has 0 aromatic heterocycles. The minimum atomic E-state index is -1.20. The van der Waals surface area contributed by atoms with Crippen LogP contribution in [0.5, 0.6) is 5.75 Å². The first-order valence-electron chi connectivity index (χ1n) is 5.15. The highest BCUT2D eigenvalue weighted by Gasteiger charge is 2.21. The van der Waals surface area contributed by atoms with E-state index in [1.54, 1.807) is 0 Å². The molecule has 0 bridgehead atoms. The van der Waals surface area contributed by atoms with Gasteiger partial charge in [0, 0.05) is 4.47 Å². The third-order valence-electron chi connectivity index (χ3n) is 2.11. The van der Waals surface area contributed by atoms with E-state index in [1.807, 2.05) is 0 Å². The van der Waals surface area contributed by atoms with Gasteiger partial charge in [-0.05, 0) is 28.1 Å². The number of amides is 1. The van der Waals surface area contributed by atoms with E-state index >= 15 is 0 Å². The molecule has 0 fully saturated rings. The van der Waals surface area contributed by atoms with Gasteiger partial charge in [0.2, 0.25) is 0 Å². The summed E-state index contributed by atoms with van der Waals surface area (Å²) in [5.41, 5.74) is -0.0895. The van der Waals surface area contributed by atoms with Crippen LogP contribution in [0.4, 0.5) is 10.5 Å². The van der Waals surface area contributed by atoms with Gasteiger partial charge in [-0.25, -0.2) is 9.59 Å². The first kappa shape index (κ1) is 15.0. The maximum atomic E-state index is 11.5. The number of hydrogen-bond donors (Lipinski definition) is 2. The van der Waals surface area contributed by atoms with Crippen molar-refractivity contribution < 1.29 is 24.2 Å². The van der Waals surface area contributed by atoms with E-state index in [2.05, 4.69) is 27.8 Å². The fourth-order valence-corrected chi connectivity index (χ4v) is 1.83. The number of carboxylic acid groups (broad SMARTS) is 1. The summed E-state index contributed by atoms with van der Waals surface area (Å²) < 4.78 is 10.1. The second kappa shape index (κ2) is 6.79. The van der Waals surface area contributed by atoms with E-state index in [0.29, 0.717) is 4.47 Å². The van der Waals surface area contributed by atoms with Crippen molar-refractivity contribution in [1.82, 2.24) is 0 Å². The molecule has 102 valence electrons. The predicted molar refractivity (Wildman–Crippen MR) is 72.8 cm³/mol. The molecule has 0 atom stereocenters. The van der Waals surface area contributed by atoms with Crippen LogP contribution in [0.3, 0.4) is 0 Å². The number of anilines is 1. The van der Waals surface area contributed by atoms with E-state index in [9.17, 15) is 9.59 Å². The number of aromatic carboxylic acids is 1. The molecule has 0 unspecified atom stereocenters. The predicted octanol–water partition coefficient (Wildman–Crippen LogP) is 2.89. The Morgan fingerprint density at radius 3 is 2.74 bits per heavy atom. The molecule has 0 radical (unpaired) electrons. The van der Waals surface area contributed by atoms with Crippen molar-refractivity contribution >= 4 is 33.7 Å². The number of nitrogens with one attached hydrogen (secondary N) is 1. The SMILES string of the molecule is C=CCOC(=O)Nc1c(OC)ccc(Br)c1C(=O)O. The van der Waals surface area contributed by atoms with Crippen molar-refractivity contribution in [3.8, 4) is 5.75 Å². The summed E-state index contributed by atoms with van der Waals surface area (Å²) in [6.07, 6.45) is 0.606. The second-order valence-corrected chi connectivity index (χ2v) is 4.17. The second-order valence-electron chi connectivity index (χ2n) is 3.32. The summed E-state index contributed by atoms with van der Waals surface area (Å²) in [6.45, 7) is 3.42. The van der Waals surface area contributed by atoms with E-state index in [-0.39, 0.29) is 23.6 Å². The van der Waals surface area contributed by atoms with Gasteiger partial charge in [0.15, 0.2) is 0 Å². The van der Waals surface area contributed by atoms with Crippen LogP contribution in [0.2, 0.25) is 0 Å². The zero-order valence-corrected chi connectivity index (χ0v) is 11.7. The van der Waals surface area contributed by atoms with E-state index < -0.39 is 12.1 Å². The van der Waals surface area contributed by atoms with Gasteiger partial charge in [-0.15, -0.1) is 0 Å². The molecule has 0 spiro atoms. The van der Waals surface area contributed by atoms with Gasteiger partial charge in [0.05, 0.1) is 7.11 Å². The number of carboxylic acids is 1. The molecule has 1 aromatic carbocycles. The molecule has 0 aliphatic carbocycles. The minimum absolute atomic E-state index is 0.0184. The fraction of sp³-hybridized carbons (Fsp3) is 0.167. The lowest BCUT2D eigenvalue weighted by Crippen LogP contribution is -2.17. The van der Waals surface area contributed by atoms with Crippen LogP contribution >= 0.6 is 15.9 Å². The Morgan fingerprint density at radius 1 is 1.53 bits per heavy atom.